The molecule has 1 heterocycles. The molecule has 1 N–H and O–H groups in total. The van der Waals surface area contributed by atoms with Gasteiger partial charge in [-0.15, -0.1) is 0 Å². The summed E-state index contributed by atoms with van der Waals surface area (Å²) in [4.78, 5) is 12.3. The van der Waals surface area contributed by atoms with Gasteiger partial charge >= 0.3 is 0 Å². The first-order valence-electron chi connectivity index (χ1n) is 7.58. The van der Waals surface area contributed by atoms with Crippen LogP contribution in [0, 0.1) is 25.2 Å². The van der Waals surface area contributed by atoms with Crippen molar-refractivity contribution >= 4 is 17.7 Å². The van der Waals surface area contributed by atoms with Crippen molar-refractivity contribution < 1.29 is 4.79 Å². The zero-order chi connectivity index (χ0) is 17.0. The molecule has 0 saturated carbocycles. The summed E-state index contributed by atoms with van der Waals surface area (Å²) in [5, 5.41) is 12.1. The van der Waals surface area contributed by atoms with Crippen LogP contribution >= 0.6 is 0 Å². The smallest absolute Gasteiger partial charge is 0.266 e. The Morgan fingerprint density at radius 3 is 2.43 bits per heavy atom. The van der Waals surface area contributed by atoms with Crippen LogP contribution in [0.5, 0.6) is 0 Å². The summed E-state index contributed by atoms with van der Waals surface area (Å²) in [7, 11) is 0. The van der Waals surface area contributed by atoms with E-state index in [0.717, 1.165) is 16.7 Å². The lowest BCUT2D eigenvalue weighted by molar-refractivity contribution is -0.112. The Balaban J connectivity index is 2.20. The van der Waals surface area contributed by atoms with E-state index in [0.29, 0.717) is 11.7 Å². The number of anilines is 1. The lowest BCUT2D eigenvalue weighted by Gasteiger charge is -2.07. The molecule has 0 unspecified atom stereocenters. The number of carbonyl (C=O) groups excluding carboxylic acids is 1. The van der Waals surface area contributed by atoms with Gasteiger partial charge in [0.1, 0.15) is 11.6 Å². The Labute approximate surface area is 137 Å². The van der Waals surface area contributed by atoms with E-state index >= 15 is 0 Å². The van der Waals surface area contributed by atoms with E-state index in [2.05, 4.69) is 19.2 Å². The van der Waals surface area contributed by atoms with Crippen molar-refractivity contribution in [2.24, 2.45) is 0 Å². The highest BCUT2D eigenvalue weighted by Crippen LogP contribution is 2.16. The molecule has 2 aromatic rings. The summed E-state index contributed by atoms with van der Waals surface area (Å²) >= 11 is 0. The van der Waals surface area contributed by atoms with Crippen LogP contribution in [0.2, 0.25) is 0 Å². The van der Waals surface area contributed by atoms with Crippen molar-refractivity contribution in [3.8, 4) is 6.07 Å². The Kier molecular flexibility index (Phi) is 5.02. The van der Waals surface area contributed by atoms with E-state index in [9.17, 15) is 10.1 Å². The van der Waals surface area contributed by atoms with Crippen molar-refractivity contribution in [3.63, 3.8) is 0 Å². The second kappa shape index (κ2) is 6.97. The quantitative estimate of drug-likeness (QED) is 0.678. The second-order valence-corrected chi connectivity index (χ2v) is 5.99. The van der Waals surface area contributed by atoms with Gasteiger partial charge in [0.05, 0.1) is 0 Å². The zero-order valence-corrected chi connectivity index (χ0v) is 13.9. The third kappa shape index (κ3) is 4.33. The largest absolute Gasteiger partial charge is 0.351 e. The number of nitriles is 1. The molecule has 0 aliphatic rings. The Morgan fingerprint density at radius 2 is 1.91 bits per heavy atom. The van der Waals surface area contributed by atoms with Gasteiger partial charge < -0.3 is 9.88 Å². The van der Waals surface area contributed by atoms with Gasteiger partial charge in [-0.2, -0.15) is 5.26 Å². The van der Waals surface area contributed by atoms with Crippen LogP contribution < -0.4 is 5.32 Å². The minimum Gasteiger partial charge on any atom is -0.351 e. The number of hydrogen-bond donors (Lipinski definition) is 1. The molecule has 4 nitrogen and oxygen atoms in total. The summed E-state index contributed by atoms with van der Waals surface area (Å²) in [6.45, 7) is 8.09. The van der Waals surface area contributed by atoms with Gasteiger partial charge in [-0.1, -0.05) is 6.07 Å². The summed E-state index contributed by atoms with van der Waals surface area (Å²) in [5.74, 6) is -0.394. The fourth-order valence-corrected chi connectivity index (χ4v) is 2.40. The number of aryl methyl sites for hydroxylation is 2. The van der Waals surface area contributed by atoms with Gasteiger partial charge in [0.25, 0.3) is 5.91 Å². The predicted octanol–water partition coefficient (Wildman–Crippen LogP) is 4.23. The molecule has 0 fully saturated rings. The average Bonchev–Trinajstić information content (AvgIpc) is 2.92. The average molecular weight is 307 g/mol. The topological polar surface area (TPSA) is 57.8 Å². The highest BCUT2D eigenvalue weighted by atomic mass is 16.1. The van der Waals surface area contributed by atoms with Crippen LogP contribution in [0.3, 0.4) is 0 Å². The molecule has 2 rings (SSSR count). The second-order valence-electron chi connectivity index (χ2n) is 5.99. The standard InChI is InChI=1S/C19H21N3O/c1-13(2)22-6-5-16(12-22)10-17(11-20)19(23)21-18-8-14(3)7-15(4)9-18/h5-10,12-13H,1-4H3,(H,21,23)/b17-10+. The molecular weight excluding hydrogens is 286 g/mol. The van der Waals surface area contributed by atoms with E-state index in [1.165, 1.54) is 0 Å². The number of rotatable bonds is 4. The van der Waals surface area contributed by atoms with Crippen LogP contribution in [-0.4, -0.2) is 10.5 Å². The number of carbonyl (C=O) groups is 1. The lowest BCUT2D eigenvalue weighted by atomic mass is 10.1. The molecule has 118 valence electrons. The maximum absolute atomic E-state index is 12.3. The first kappa shape index (κ1) is 16.6. The third-order valence-electron chi connectivity index (χ3n) is 3.49. The predicted molar refractivity (Wildman–Crippen MR) is 93.0 cm³/mol. The van der Waals surface area contributed by atoms with Crippen molar-refractivity contribution in [1.29, 1.82) is 5.26 Å². The molecular formula is C19H21N3O. The Morgan fingerprint density at radius 1 is 1.26 bits per heavy atom. The van der Waals surface area contributed by atoms with Gasteiger partial charge in [0, 0.05) is 24.1 Å². The summed E-state index contributed by atoms with van der Waals surface area (Å²) in [5.41, 5.74) is 3.76. The number of amides is 1. The number of nitrogens with zero attached hydrogens (tertiary/aromatic N) is 2. The van der Waals surface area contributed by atoms with E-state index in [4.69, 9.17) is 0 Å². The molecule has 23 heavy (non-hydrogen) atoms. The Hall–Kier alpha value is -2.80. The first-order chi connectivity index (χ1) is 10.9. The van der Waals surface area contributed by atoms with Gasteiger partial charge in [-0.25, -0.2) is 0 Å². The molecule has 0 bridgehead atoms. The van der Waals surface area contributed by atoms with Crippen LogP contribution in [0.15, 0.2) is 42.2 Å². The number of benzene rings is 1. The molecule has 0 radical (unpaired) electrons. The van der Waals surface area contributed by atoms with Crippen LogP contribution in [0.1, 0.15) is 36.6 Å². The van der Waals surface area contributed by atoms with Crippen molar-refractivity contribution in [2.45, 2.75) is 33.7 Å². The minimum atomic E-state index is -0.394. The molecule has 4 heteroatoms. The molecule has 1 aromatic carbocycles. The van der Waals surface area contributed by atoms with Crippen molar-refractivity contribution in [3.05, 3.63) is 58.9 Å². The fraction of sp³-hybridized carbons (Fsp3) is 0.263. The van der Waals surface area contributed by atoms with E-state index in [1.807, 2.05) is 61.1 Å². The van der Waals surface area contributed by atoms with Gasteiger partial charge in [0.2, 0.25) is 0 Å². The molecule has 0 atom stereocenters. The zero-order valence-electron chi connectivity index (χ0n) is 13.9. The molecule has 0 aliphatic carbocycles. The van der Waals surface area contributed by atoms with E-state index in [1.54, 1.807) is 6.08 Å². The minimum absolute atomic E-state index is 0.0886. The van der Waals surface area contributed by atoms with Crippen molar-refractivity contribution in [2.75, 3.05) is 5.32 Å². The van der Waals surface area contributed by atoms with Gasteiger partial charge in [0.15, 0.2) is 0 Å². The normalized spacial score (nSPS) is 11.4. The SMILES string of the molecule is Cc1cc(C)cc(NC(=O)/C(C#N)=C/c2ccn(C(C)C)c2)c1. The molecule has 0 aliphatic heterocycles. The highest BCUT2D eigenvalue weighted by molar-refractivity contribution is 6.09. The van der Waals surface area contributed by atoms with Gasteiger partial charge in [-0.05, 0) is 68.7 Å². The van der Waals surface area contributed by atoms with Crippen molar-refractivity contribution in [1.82, 2.24) is 4.57 Å². The summed E-state index contributed by atoms with van der Waals surface area (Å²) in [6.07, 6.45) is 5.47. The molecule has 0 saturated heterocycles. The molecule has 1 amide bonds. The van der Waals surface area contributed by atoms with Gasteiger partial charge in [-0.3, -0.25) is 4.79 Å². The van der Waals surface area contributed by atoms with Crippen LogP contribution in [-0.2, 0) is 4.79 Å². The molecule has 0 spiro atoms. The third-order valence-corrected chi connectivity index (χ3v) is 3.49. The number of nitrogens with one attached hydrogen (secondary N) is 1. The number of hydrogen-bond acceptors (Lipinski definition) is 2. The molecule has 1 aromatic heterocycles. The van der Waals surface area contributed by atoms with E-state index in [-0.39, 0.29) is 5.57 Å². The maximum atomic E-state index is 12.3. The number of aromatic nitrogens is 1. The first-order valence-corrected chi connectivity index (χ1v) is 7.58. The highest BCUT2D eigenvalue weighted by Gasteiger charge is 2.10. The summed E-state index contributed by atoms with van der Waals surface area (Å²) in [6, 6.07) is 10.0. The summed E-state index contributed by atoms with van der Waals surface area (Å²) < 4.78 is 2.03. The fourth-order valence-electron chi connectivity index (χ4n) is 2.40. The van der Waals surface area contributed by atoms with Crippen LogP contribution in [0.25, 0.3) is 6.08 Å². The maximum Gasteiger partial charge on any atom is 0.266 e. The van der Waals surface area contributed by atoms with Crippen LogP contribution in [0.4, 0.5) is 5.69 Å². The Bertz CT molecular complexity index is 771. The lowest BCUT2D eigenvalue weighted by Crippen LogP contribution is -2.13. The monoisotopic (exact) mass is 307 g/mol. The van der Waals surface area contributed by atoms with E-state index < -0.39 is 5.91 Å².